The number of hydrogen-bond donors (Lipinski definition) is 4. The first-order chi connectivity index (χ1) is 7.60. The lowest BCUT2D eigenvalue weighted by atomic mass is 10.3. The highest BCUT2D eigenvalue weighted by Crippen LogP contribution is 1.90. The second-order valence-electron chi connectivity index (χ2n) is 3.28. The van der Waals surface area contributed by atoms with Crippen molar-refractivity contribution >= 4 is 11.8 Å². The first-order valence-electron chi connectivity index (χ1n) is 5.09. The number of carbonyl (C=O) groups is 2. The average molecular weight is 233 g/mol. The van der Waals surface area contributed by atoms with Crippen LogP contribution in [0.5, 0.6) is 0 Å². The van der Waals surface area contributed by atoms with Crippen molar-refractivity contribution in [3.05, 3.63) is 0 Å². The summed E-state index contributed by atoms with van der Waals surface area (Å²) in [4.78, 5) is 23.3. The zero-order chi connectivity index (χ0) is 12.4. The average Bonchev–Trinajstić information content (AvgIpc) is 2.23. The fourth-order valence-corrected chi connectivity index (χ4v) is 1.15. The minimum absolute atomic E-state index is 0.0249. The predicted molar refractivity (Wildman–Crippen MR) is 57.4 cm³/mol. The van der Waals surface area contributed by atoms with Crippen LogP contribution in [0.1, 0.15) is 6.42 Å². The van der Waals surface area contributed by atoms with Crippen molar-refractivity contribution in [1.29, 1.82) is 0 Å². The van der Waals surface area contributed by atoms with E-state index >= 15 is 0 Å². The zero-order valence-electron chi connectivity index (χ0n) is 9.19. The van der Waals surface area contributed by atoms with Gasteiger partial charge < -0.3 is 21.3 Å². The SMILES string of the molecule is NC(=O)CNC(=O)CCN(CCO)CCO. The number of rotatable bonds is 9. The number of nitrogens with one attached hydrogen (secondary N) is 1. The van der Waals surface area contributed by atoms with E-state index in [1.807, 2.05) is 0 Å². The summed E-state index contributed by atoms with van der Waals surface area (Å²) in [5.74, 6) is -0.865. The molecule has 0 aliphatic carbocycles. The first kappa shape index (κ1) is 14.8. The van der Waals surface area contributed by atoms with Crippen molar-refractivity contribution < 1.29 is 19.8 Å². The molecule has 0 aromatic heterocycles. The number of nitrogens with two attached hydrogens (primary N) is 1. The minimum atomic E-state index is -0.587. The van der Waals surface area contributed by atoms with Gasteiger partial charge in [0, 0.05) is 26.1 Å². The van der Waals surface area contributed by atoms with E-state index < -0.39 is 5.91 Å². The lowest BCUT2D eigenvalue weighted by Crippen LogP contribution is -2.37. The van der Waals surface area contributed by atoms with Crippen LogP contribution >= 0.6 is 0 Å². The molecule has 0 bridgehead atoms. The van der Waals surface area contributed by atoms with Crippen molar-refractivity contribution in [1.82, 2.24) is 10.2 Å². The van der Waals surface area contributed by atoms with Crippen LogP contribution in [0.3, 0.4) is 0 Å². The highest BCUT2D eigenvalue weighted by molar-refractivity contribution is 5.83. The van der Waals surface area contributed by atoms with E-state index in [0.29, 0.717) is 19.6 Å². The fraction of sp³-hybridized carbons (Fsp3) is 0.778. The van der Waals surface area contributed by atoms with Gasteiger partial charge in [0.25, 0.3) is 0 Å². The maximum atomic E-state index is 11.2. The molecule has 7 nitrogen and oxygen atoms in total. The van der Waals surface area contributed by atoms with Crippen molar-refractivity contribution in [3.8, 4) is 0 Å². The Kier molecular flexibility index (Phi) is 8.41. The molecule has 0 fully saturated rings. The molecule has 0 heterocycles. The van der Waals surface area contributed by atoms with Crippen LogP contribution in [0, 0.1) is 0 Å². The van der Waals surface area contributed by atoms with E-state index in [-0.39, 0.29) is 32.1 Å². The Labute approximate surface area is 94.2 Å². The Morgan fingerprint density at radius 3 is 2.12 bits per heavy atom. The molecule has 16 heavy (non-hydrogen) atoms. The van der Waals surface area contributed by atoms with Crippen molar-refractivity contribution in [2.45, 2.75) is 6.42 Å². The summed E-state index contributed by atoms with van der Waals surface area (Å²) < 4.78 is 0. The van der Waals surface area contributed by atoms with Crippen LogP contribution in [0.4, 0.5) is 0 Å². The van der Waals surface area contributed by atoms with Crippen molar-refractivity contribution in [2.75, 3.05) is 39.4 Å². The monoisotopic (exact) mass is 233 g/mol. The van der Waals surface area contributed by atoms with Gasteiger partial charge in [-0.25, -0.2) is 0 Å². The Hall–Kier alpha value is -1.18. The number of aliphatic hydroxyl groups is 2. The largest absolute Gasteiger partial charge is 0.395 e. The summed E-state index contributed by atoms with van der Waals surface area (Å²) in [6.07, 6.45) is 0.202. The number of nitrogens with zero attached hydrogens (tertiary/aromatic N) is 1. The maximum Gasteiger partial charge on any atom is 0.236 e. The molecular weight excluding hydrogens is 214 g/mol. The first-order valence-corrected chi connectivity index (χ1v) is 5.09. The molecule has 0 unspecified atom stereocenters. The smallest absolute Gasteiger partial charge is 0.236 e. The highest BCUT2D eigenvalue weighted by atomic mass is 16.3. The number of amides is 2. The Morgan fingerprint density at radius 2 is 1.69 bits per heavy atom. The third-order valence-electron chi connectivity index (χ3n) is 1.95. The molecule has 0 saturated heterocycles. The van der Waals surface area contributed by atoms with Gasteiger partial charge in [-0.15, -0.1) is 0 Å². The summed E-state index contributed by atoms with van der Waals surface area (Å²) in [6, 6.07) is 0. The summed E-state index contributed by atoms with van der Waals surface area (Å²) in [5, 5.41) is 19.8. The van der Waals surface area contributed by atoms with Gasteiger partial charge in [0.15, 0.2) is 0 Å². The summed E-state index contributed by atoms with van der Waals surface area (Å²) in [7, 11) is 0. The van der Waals surface area contributed by atoms with E-state index in [0.717, 1.165) is 0 Å². The van der Waals surface area contributed by atoms with Gasteiger partial charge in [0.05, 0.1) is 19.8 Å². The topological polar surface area (TPSA) is 116 Å². The second-order valence-corrected chi connectivity index (χ2v) is 3.28. The van der Waals surface area contributed by atoms with Gasteiger partial charge >= 0.3 is 0 Å². The van der Waals surface area contributed by atoms with Crippen LogP contribution in [-0.4, -0.2) is 66.3 Å². The second kappa shape index (κ2) is 9.08. The summed E-state index contributed by atoms with van der Waals surface area (Å²) >= 11 is 0. The third-order valence-corrected chi connectivity index (χ3v) is 1.95. The molecule has 0 aliphatic rings. The number of primary amides is 1. The van der Waals surface area contributed by atoms with E-state index in [1.54, 1.807) is 4.90 Å². The molecule has 0 rings (SSSR count). The highest BCUT2D eigenvalue weighted by Gasteiger charge is 2.07. The zero-order valence-corrected chi connectivity index (χ0v) is 9.19. The van der Waals surface area contributed by atoms with Crippen LogP contribution in [-0.2, 0) is 9.59 Å². The molecule has 94 valence electrons. The van der Waals surface area contributed by atoms with Gasteiger partial charge in [-0.1, -0.05) is 0 Å². The van der Waals surface area contributed by atoms with E-state index in [4.69, 9.17) is 15.9 Å². The van der Waals surface area contributed by atoms with Gasteiger partial charge in [-0.2, -0.15) is 0 Å². The van der Waals surface area contributed by atoms with Crippen LogP contribution in [0.2, 0.25) is 0 Å². The number of carbonyl (C=O) groups excluding carboxylic acids is 2. The van der Waals surface area contributed by atoms with Gasteiger partial charge in [0.2, 0.25) is 11.8 Å². The molecule has 5 N–H and O–H groups in total. The molecule has 0 aromatic carbocycles. The molecule has 7 heteroatoms. The summed E-state index contributed by atoms with van der Waals surface area (Å²) in [5.41, 5.74) is 4.86. The van der Waals surface area contributed by atoms with Crippen LogP contribution < -0.4 is 11.1 Å². The van der Waals surface area contributed by atoms with Crippen molar-refractivity contribution in [2.24, 2.45) is 5.73 Å². The van der Waals surface area contributed by atoms with Gasteiger partial charge in [-0.3, -0.25) is 14.5 Å². The summed E-state index contributed by atoms with van der Waals surface area (Å²) in [6.45, 7) is 1.02. The predicted octanol–water partition coefficient (Wildman–Crippen LogP) is -2.74. The number of hydrogen-bond acceptors (Lipinski definition) is 5. The molecule has 0 aliphatic heterocycles. The van der Waals surface area contributed by atoms with Gasteiger partial charge in [0.1, 0.15) is 0 Å². The number of aliphatic hydroxyl groups excluding tert-OH is 2. The Morgan fingerprint density at radius 1 is 1.12 bits per heavy atom. The lowest BCUT2D eigenvalue weighted by Gasteiger charge is -2.19. The molecule has 0 radical (unpaired) electrons. The Bertz CT molecular complexity index is 217. The minimum Gasteiger partial charge on any atom is -0.395 e. The van der Waals surface area contributed by atoms with Crippen LogP contribution in [0.15, 0.2) is 0 Å². The van der Waals surface area contributed by atoms with Gasteiger partial charge in [-0.05, 0) is 0 Å². The van der Waals surface area contributed by atoms with Crippen LogP contribution in [0.25, 0.3) is 0 Å². The quantitative estimate of drug-likeness (QED) is 0.345. The normalized spacial score (nSPS) is 10.4. The fourth-order valence-electron chi connectivity index (χ4n) is 1.15. The van der Waals surface area contributed by atoms with E-state index in [9.17, 15) is 9.59 Å². The molecule has 0 spiro atoms. The standard InChI is InChI=1S/C9H19N3O4/c10-8(15)7-11-9(16)1-2-12(3-5-13)4-6-14/h13-14H,1-7H2,(H2,10,15)(H,11,16). The third kappa shape index (κ3) is 8.16. The maximum absolute atomic E-state index is 11.2. The molecular formula is C9H19N3O4. The molecule has 0 saturated carbocycles. The van der Waals surface area contributed by atoms with E-state index in [1.165, 1.54) is 0 Å². The molecule has 2 amide bonds. The van der Waals surface area contributed by atoms with Crippen molar-refractivity contribution in [3.63, 3.8) is 0 Å². The lowest BCUT2D eigenvalue weighted by molar-refractivity contribution is -0.125. The Balaban J connectivity index is 3.72. The molecule has 0 atom stereocenters. The molecule has 0 aromatic rings. The van der Waals surface area contributed by atoms with E-state index in [2.05, 4.69) is 5.32 Å².